The van der Waals surface area contributed by atoms with Crippen molar-refractivity contribution in [1.29, 1.82) is 0 Å². The Labute approximate surface area is 151 Å². The molecule has 2 aliphatic rings. The number of anilines is 1. The number of hydrogen-bond acceptors (Lipinski definition) is 8. The fourth-order valence-electron chi connectivity index (χ4n) is 3.74. The molecule has 26 heavy (non-hydrogen) atoms. The van der Waals surface area contributed by atoms with Gasteiger partial charge in [-0.05, 0) is 19.8 Å². The molecule has 2 aromatic heterocycles. The molecule has 1 aliphatic carbocycles. The van der Waals surface area contributed by atoms with Gasteiger partial charge in [-0.2, -0.15) is 0 Å². The lowest BCUT2D eigenvalue weighted by atomic mass is 10.1. The molecule has 3 heterocycles. The molecule has 0 unspecified atom stereocenters. The van der Waals surface area contributed by atoms with Crippen molar-refractivity contribution in [2.75, 3.05) is 18.5 Å². The largest absolute Gasteiger partial charge is 0.387 e. The summed E-state index contributed by atoms with van der Waals surface area (Å²) in [5.41, 5.74) is 1.20. The first-order valence-corrected chi connectivity index (χ1v) is 9.22. The van der Waals surface area contributed by atoms with Gasteiger partial charge >= 0.3 is 0 Å². The normalized spacial score (nSPS) is 29.7. The fraction of sp³-hybridized carbons (Fsp3) is 0.706. The van der Waals surface area contributed by atoms with Gasteiger partial charge in [0.05, 0.1) is 12.9 Å². The molecule has 9 heteroatoms. The van der Waals surface area contributed by atoms with E-state index < -0.39 is 24.5 Å². The predicted molar refractivity (Wildman–Crippen MR) is 93.6 cm³/mol. The number of aromatic nitrogens is 4. The fourth-order valence-corrected chi connectivity index (χ4v) is 3.74. The van der Waals surface area contributed by atoms with Crippen LogP contribution >= 0.6 is 0 Å². The second kappa shape index (κ2) is 7.43. The van der Waals surface area contributed by atoms with E-state index in [4.69, 9.17) is 9.47 Å². The molecular weight excluding hydrogens is 338 g/mol. The third-order valence-corrected chi connectivity index (χ3v) is 5.15. The Morgan fingerprint density at radius 2 is 2.04 bits per heavy atom. The van der Waals surface area contributed by atoms with Crippen LogP contribution in [0, 0.1) is 0 Å². The molecular formula is C17H25N5O4. The maximum absolute atomic E-state index is 10.4. The van der Waals surface area contributed by atoms with Gasteiger partial charge in [-0.25, -0.2) is 15.0 Å². The maximum Gasteiger partial charge on any atom is 0.167 e. The van der Waals surface area contributed by atoms with Crippen molar-refractivity contribution in [2.24, 2.45) is 0 Å². The molecule has 0 bridgehead atoms. The molecule has 9 nitrogen and oxygen atoms in total. The van der Waals surface area contributed by atoms with Gasteiger partial charge in [0.2, 0.25) is 0 Å². The zero-order valence-electron chi connectivity index (χ0n) is 14.8. The van der Waals surface area contributed by atoms with Crippen LogP contribution < -0.4 is 5.32 Å². The van der Waals surface area contributed by atoms with Crippen molar-refractivity contribution in [3.8, 4) is 0 Å². The highest BCUT2D eigenvalue weighted by Gasteiger charge is 2.44. The first-order valence-electron chi connectivity index (χ1n) is 9.22. The van der Waals surface area contributed by atoms with Gasteiger partial charge in [0.25, 0.3) is 0 Å². The van der Waals surface area contributed by atoms with E-state index in [1.165, 1.54) is 19.2 Å². The highest BCUT2D eigenvalue weighted by Crippen LogP contribution is 2.33. The minimum absolute atomic E-state index is 0.224. The Kier molecular flexibility index (Phi) is 5.03. The number of nitrogens with zero attached hydrogens (tertiary/aromatic N) is 4. The molecule has 0 radical (unpaired) electrons. The quantitative estimate of drug-likeness (QED) is 0.692. The van der Waals surface area contributed by atoms with Gasteiger partial charge < -0.3 is 25.0 Å². The van der Waals surface area contributed by atoms with Gasteiger partial charge in [-0.15, -0.1) is 0 Å². The van der Waals surface area contributed by atoms with Gasteiger partial charge in [-0.3, -0.25) is 4.57 Å². The highest BCUT2D eigenvalue weighted by atomic mass is 16.6. The smallest absolute Gasteiger partial charge is 0.167 e. The third kappa shape index (κ3) is 3.16. The van der Waals surface area contributed by atoms with Crippen molar-refractivity contribution < 1.29 is 19.7 Å². The van der Waals surface area contributed by atoms with E-state index in [0.717, 1.165) is 12.8 Å². The predicted octanol–water partition coefficient (Wildman–Crippen LogP) is 0.836. The maximum atomic E-state index is 10.4. The van der Waals surface area contributed by atoms with E-state index in [-0.39, 0.29) is 6.61 Å². The van der Waals surface area contributed by atoms with E-state index >= 15 is 0 Å². The lowest BCUT2D eigenvalue weighted by molar-refractivity contribution is -0.0638. The van der Waals surface area contributed by atoms with Crippen LogP contribution in [0.1, 0.15) is 38.8 Å². The number of hydrogen-bond donors (Lipinski definition) is 3. The summed E-state index contributed by atoms with van der Waals surface area (Å²) in [6, 6.07) is 0.406. The van der Waals surface area contributed by atoms with E-state index in [2.05, 4.69) is 20.3 Å². The van der Waals surface area contributed by atoms with Crippen LogP contribution in [0.25, 0.3) is 11.2 Å². The summed E-state index contributed by atoms with van der Waals surface area (Å²) in [6.07, 6.45) is 4.28. The third-order valence-electron chi connectivity index (χ3n) is 5.15. The summed E-state index contributed by atoms with van der Waals surface area (Å²) >= 11 is 0. The van der Waals surface area contributed by atoms with Gasteiger partial charge in [-0.1, -0.05) is 12.8 Å². The minimum Gasteiger partial charge on any atom is -0.387 e. The summed E-state index contributed by atoms with van der Waals surface area (Å²) in [4.78, 5) is 13.1. The van der Waals surface area contributed by atoms with Crippen LogP contribution in [0.15, 0.2) is 12.7 Å². The van der Waals surface area contributed by atoms with Crippen LogP contribution in [0.5, 0.6) is 0 Å². The number of aliphatic hydroxyl groups is 2. The second-order valence-corrected chi connectivity index (χ2v) is 6.88. The summed E-state index contributed by atoms with van der Waals surface area (Å²) < 4.78 is 12.8. The number of aliphatic hydroxyl groups excluding tert-OH is 2. The molecule has 142 valence electrons. The monoisotopic (exact) mass is 363 g/mol. The van der Waals surface area contributed by atoms with E-state index in [0.29, 0.717) is 29.6 Å². The van der Waals surface area contributed by atoms with Crippen molar-refractivity contribution in [3.05, 3.63) is 12.7 Å². The molecule has 4 atom stereocenters. The molecule has 2 fully saturated rings. The Bertz CT molecular complexity index is 748. The summed E-state index contributed by atoms with van der Waals surface area (Å²) in [5, 5.41) is 24.1. The molecule has 1 aliphatic heterocycles. The topological polar surface area (TPSA) is 115 Å². The van der Waals surface area contributed by atoms with E-state index in [9.17, 15) is 10.2 Å². The SMILES string of the molecule is CCOC[C@H]1O[C@@H](n2cnc3c(NC4CCCC4)ncnc32)[C@H](O)[C@@H]1O. The van der Waals surface area contributed by atoms with Crippen molar-refractivity contribution >= 4 is 17.0 Å². The second-order valence-electron chi connectivity index (χ2n) is 6.88. The van der Waals surface area contributed by atoms with Crippen LogP contribution in [-0.4, -0.2) is 67.3 Å². The van der Waals surface area contributed by atoms with Crippen LogP contribution in [-0.2, 0) is 9.47 Å². The summed E-state index contributed by atoms with van der Waals surface area (Å²) in [7, 11) is 0. The zero-order valence-corrected chi connectivity index (χ0v) is 14.8. The number of fused-ring (bicyclic) bond motifs is 1. The van der Waals surface area contributed by atoms with Crippen molar-refractivity contribution in [3.63, 3.8) is 0 Å². The molecule has 0 aromatic carbocycles. The molecule has 0 spiro atoms. The molecule has 1 saturated carbocycles. The highest BCUT2D eigenvalue weighted by molar-refractivity contribution is 5.82. The van der Waals surface area contributed by atoms with Crippen LogP contribution in [0.4, 0.5) is 5.82 Å². The van der Waals surface area contributed by atoms with Crippen LogP contribution in [0.3, 0.4) is 0 Å². The van der Waals surface area contributed by atoms with Gasteiger partial charge in [0, 0.05) is 12.6 Å². The number of ether oxygens (including phenoxy) is 2. The van der Waals surface area contributed by atoms with Crippen molar-refractivity contribution in [2.45, 2.75) is 63.2 Å². The average molecular weight is 363 g/mol. The van der Waals surface area contributed by atoms with Crippen molar-refractivity contribution in [1.82, 2.24) is 19.5 Å². The number of rotatable bonds is 6. The summed E-state index contributed by atoms with van der Waals surface area (Å²) in [5.74, 6) is 0.694. The number of imidazole rings is 1. The van der Waals surface area contributed by atoms with Crippen LogP contribution in [0.2, 0.25) is 0 Å². The standard InChI is InChI=1S/C17H25N5O4/c1-2-25-7-11-13(23)14(24)17(26-11)22-9-20-12-15(18-8-19-16(12)22)21-10-5-3-4-6-10/h8-11,13-14,17,23-24H,2-7H2,1H3,(H,18,19,21)/t11-,13-,14-,17-/m1/s1. The van der Waals surface area contributed by atoms with Gasteiger partial charge in [0.1, 0.15) is 24.6 Å². The Morgan fingerprint density at radius 3 is 2.81 bits per heavy atom. The summed E-state index contributed by atoms with van der Waals surface area (Å²) in [6.45, 7) is 2.61. The lowest BCUT2D eigenvalue weighted by Gasteiger charge is -2.17. The number of nitrogens with one attached hydrogen (secondary N) is 1. The molecule has 2 aromatic rings. The van der Waals surface area contributed by atoms with Gasteiger partial charge in [0.15, 0.2) is 23.2 Å². The molecule has 4 rings (SSSR count). The van der Waals surface area contributed by atoms with E-state index in [1.807, 2.05) is 6.92 Å². The molecule has 0 amide bonds. The first-order chi connectivity index (χ1) is 12.7. The minimum atomic E-state index is -1.08. The van der Waals surface area contributed by atoms with E-state index in [1.54, 1.807) is 10.9 Å². The Balaban J connectivity index is 1.59. The lowest BCUT2D eigenvalue weighted by Crippen LogP contribution is -2.33. The average Bonchev–Trinajstić information content (AvgIpc) is 3.36. The molecule has 3 N–H and O–H groups in total. The first kappa shape index (κ1) is 17.6. The Morgan fingerprint density at radius 1 is 1.23 bits per heavy atom. The molecule has 1 saturated heterocycles. The Hall–Kier alpha value is -1.81. The zero-order chi connectivity index (χ0) is 18.1.